The highest BCUT2D eigenvalue weighted by molar-refractivity contribution is 5.66. The molecule has 0 radical (unpaired) electrons. The maximum Gasteiger partial charge on any atom is 0.303 e. The number of esters is 2. The molecule has 0 aromatic rings. The van der Waals surface area contributed by atoms with Crippen LogP contribution in [0.4, 0.5) is 0 Å². The Bertz CT molecular complexity index is 585. The van der Waals surface area contributed by atoms with E-state index in [-0.39, 0.29) is 0 Å². The van der Waals surface area contributed by atoms with Crippen molar-refractivity contribution in [1.82, 2.24) is 0 Å². The lowest BCUT2D eigenvalue weighted by Gasteiger charge is -2.43. The molecular weight excluding hydrogens is 400 g/mol. The van der Waals surface area contributed by atoms with E-state index in [0.717, 1.165) is 13.8 Å². The Kier molecular flexibility index (Phi) is 7.89. The van der Waals surface area contributed by atoms with Gasteiger partial charge in [0.25, 0.3) is 0 Å². The molecule has 9 atom stereocenters. The Morgan fingerprint density at radius 1 is 0.931 bits per heavy atom. The number of hydrogen-bond acceptors (Lipinski definition) is 13. The van der Waals surface area contributed by atoms with Crippen molar-refractivity contribution >= 4 is 11.9 Å². The highest BCUT2D eigenvalue weighted by atomic mass is 16.8. The van der Waals surface area contributed by atoms with Crippen molar-refractivity contribution in [2.75, 3.05) is 19.8 Å². The van der Waals surface area contributed by atoms with Crippen molar-refractivity contribution in [1.29, 1.82) is 0 Å². The number of hydrogen-bond donors (Lipinski definition) is 6. The van der Waals surface area contributed by atoms with Gasteiger partial charge >= 0.3 is 11.9 Å². The fourth-order valence-electron chi connectivity index (χ4n) is 3.14. The van der Waals surface area contributed by atoms with Gasteiger partial charge in [-0.05, 0) is 0 Å². The maximum absolute atomic E-state index is 11.4. The molecule has 0 spiro atoms. The largest absolute Gasteiger partial charge is 0.463 e. The van der Waals surface area contributed by atoms with Crippen LogP contribution in [0.1, 0.15) is 13.8 Å². The van der Waals surface area contributed by atoms with Crippen LogP contribution in [0.25, 0.3) is 0 Å². The van der Waals surface area contributed by atoms with E-state index in [1.54, 1.807) is 0 Å². The molecule has 0 aliphatic carbocycles. The molecule has 0 unspecified atom stereocenters. The summed E-state index contributed by atoms with van der Waals surface area (Å²) in [6.07, 6.45) is -12.9. The molecule has 2 heterocycles. The number of rotatable bonds is 7. The van der Waals surface area contributed by atoms with E-state index >= 15 is 0 Å². The quantitative estimate of drug-likeness (QED) is 0.214. The van der Waals surface area contributed by atoms with E-state index in [9.17, 15) is 40.2 Å². The molecule has 2 aliphatic rings. The zero-order valence-corrected chi connectivity index (χ0v) is 15.8. The Hall–Kier alpha value is -1.42. The van der Waals surface area contributed by atoms with Crippen LogP contribution in [0.3, 0.4) is 0 Å². The lowest BCUT2D eigenvalue weighted by Crippen LogP contribution is -2.63. The number of aliphatic hydroxyl groups excluding tert-OH is 6. The lowest BCUT2D eigenvalue weighted by molar-refractivity contribution is -0.383. The molecule has 0 aromatic carbocycles. The molecule has 2 rings (SSSR count). The van der Waals surface area contributed by atoms with Crippen LogP contribution in [0.2, 0.25) is 0 Å². The second kappa shape index (κ2) is 9.59. The summed E-state index contributed by atoms with van der Waals surface area (Å²) in [5, 5.41) is 59.7. The number of carbonyl (C=O) groups is 2. The molecule has 0 bridgehead atoms. The third-order valence-electron chi connectivity index (χ3n) is 4.60. The number of aliphatic hydroxyl groups is 6. The van der Waals surface area contributed by atoms with Gasteiger partial charge < -0.3 is 54.3 Å². The van der Waals surface area contributed by atoms with E-state index in [1.807, 2.05) is 0 Å². The maximum atomic E-state index is 11.4. The van der Waals surface area contributed by atoms with Crippen molar-refractivity contribution in [3.63, 3.8) is 0 Å². The highest BCUT2D eigenvalue weighted by Crippen LogP contribution is 2.37. The first-order chi connectivity index (χ1) is 13.6. The van der Waals surface area contributed by atoms with Gasteiger partial charge in [0.1, 0.15) is 49.8 Å². The van der Waals surface area contributed by atoms with Gasteiger partial charge in [0.15, 0.2) is 12.4 Å². The van der Waals surface area contributed by atoms with Crippen LogP contribution in [0.15, 0.2) is 0 Å². The standard InChI is InChI=1S/C16H26O13/c1-6(19)25-4-9-10(21)12(23)13(24)15(27-9)29-16(5-18)14(26-7(2)20)11(22)8(3-17)28-16/h8-15,17-18,21-24H,3-5H2,1-2H3/t8-,9-,10-,11-,12+,13-,14+,15-,16+/m1/s1. The summed E-state index contributed by atoms with van der Waals surface area (Å²) in [4.78, 5) is 22.4. The molecule has 0 amide bonds. The van der Waals surface area contributed by atoms with Gasteiger partial charge in [-0.15, -0.1) is 0 Å². The minimum atomic E-state index is -2.27. The molecule has 6 N–H and O–H groups in total. The number of ether oxygens (including phenoxy) is 5. The fourth-order valence-corrected chi connectivity index (χ4v) is 3.14. The minimum absolute atomic E-state index is 0.484. The summed E-state index contributed by atoms with van der Waals surface area (Å²) < 4.78 is 25.9. The van der Waals surface area contributed by atoms with Gasteiger partial charge in [0, 0.05) is 13.8 Å². The molecule has 13 nitrogen and oxygen atoms in total. The van der Waals surface area contributed by atoms with Crippen molar-refractivity contribution in [2.24, 2.45) is 0 Å². The summed E-state index contributed by atoms with van der Waals surface area (Å²) >= 11 is 0. The molecular formula is C16H26O13. The molecule has 2 saturated heterocycles. The lowest BCUT2D eigenvalue weighted by atomic mass is 9.99. The van der Waals surface area contributed by atoms with Crippen LogP contribution in [-0.4, -0.2) is 117 Å². The summed E-state index contributed by atoms with van der Waals surface area (Å²) in [6, 6.07) is 0. The topological polar surface area (TPSA) is 202 Å². The second-order valence-corrected chi connectivity index (χ2v) is 6.76. The minimum Gasteiger partial charge on any atom is -0.463 e. The molecule has 0 saturated carbocycles. The zero-order chi connectivity index (χ0) is 21.9. The van der Waals surface area contributed by atoms with Crippen LogP contribution < -0.4 is 0 Å². The summed E-state index contributed by atoms with van der Waals surface area (Å²) in [5.74, 6) is -3.81. The van der Waals surface area contributed by atoms with Gasteiger partial charge in [-0.1, -0.05) is 0 Å². The van der Waals surface area contributed by atoms with Crippen molar-refractivity contribution in [2.45, 2.75) is 68.7 Å². The smallest absolute Gasteiger partial charge is 0.303 e. The van der Waals surface area contributed by atoms with Gasteiger partial charge in [0.2, 0.25) is 5.79 Å². The number of carbonyl (C=O) groups excluding carboxylic acids is 2. The monoisotopic (exact) mass is 426 g/mol. The second-order valence-electron chi connectivity index (χ2n) is 6.76. The zero-order valence-electron chi connectivity index (χ0n) is 15.8. The van der Waals surface area contributed by atoms with Crippen molar-refractivity contribution in [3.8, 4) is 0 Å². The fraction of sp³-hybridized carbons (Fsp3) is 0.875. The predicted octanol–water partition coefficient (Wildman–Crippen LogP) is -4.25. The van der Waals surface area contributed by atoms with Crippen molar-refractivity contribution < 1.29 is 63.9 Å². The SMILES string of the molecule is CC(=O)OC[C@H]1O[C@H](O[C@]2(CO)O[C@H](CO)[C@@H](O)[C@@H]2OC(C)=O)[C@H](O)[C@@H](O)[C@@H]1O. The van der Waals surface area contributed by atoms with Gasteiger partial charge in [-0.25, -0.2) is 0 Å². The van der Waals surface area contributed by atoms with E-state index in [0.29, 0.717) is 0 Å². The third-order valence-corrected chi connectivity index (χ3v) is 4.60. The Morgan fingerprint density at radius 2 is 1.59 bits per heavy atom. The molecule has 13 heteroatoms. The normalized spacial score (nSPS) is 42.5. The van der Waals surface area contributed by atoms with E-state index in [1.165, 1.54) is 0 Å². The van der Waals surface area contributed by atoms with Crippen molar-refractivity contribution in [3.05, 3.63) is 0 Å². The van der Waals surface area contributed by atoms with E-state index < -0.39 is 86.6 Å². The molecule has 168 valence electrons. The predicted molar refractivity (Wildman–Crippen MR) is 87.7 cm³/mol. The van der Waals surface area contributed by atoms with Crippen LogP contribution in [-0.2, 0) is 33.3 Å². The highest BCUT2D eigenvalue weighted by Gasteiger charge is 2.60. The summed E-state index contributed by atoms with van der Waals surface area (Å²) in [7, 11) is 0. The van der Waals surface area contributed by atoms with Gasteiger partial charge in [0.05, 0.1) is 6.61 Å². The first-order valence-corrected chi connectivity index (χ1v) is 8.82. The molecule has 29 heavy (non-hydrogen) atoms. The summed E-state index contributed by atoms with van der Waals surface area (Å²) in [5.41, 5.74) is 0. The van der Waals surface area contributed by atoms with Crippen LogP contribution >= 0.6 is 0 Å². The first-order valence-electron chi connectivity index (χ1n) is 8.82. The third kappa shape index (κ3) is 5.02. The van der Waals surface area contributed by atoms with Gasteiger partial charge in [-0.3, -0.25) is 9.59 Å². The van der Waals surface area contributed by atoms with Crippen LogP contribution in [0, 0.1) is 0 Å². The first kappa shape index (κ1) is 23.9. The Balaban J connectivity index is 2.25. The Morgan fingerprint density at radius 3 is 2.10 bits per heavy atom. The van der Waals surface area contributed by atoms with E-state index in [4.69, 9.17) is 23.7 Å². The van der Waals surface area contributed by atoms with E-state index in [2.05, 4.69) is 0 Å². The summed E-state index contributed by atoms with van der Waals surface area (Å²) in [6.45, 7) is -0.0563. The van der Waals surface area contributed by atoms with Gasteiger partial charge in [-0.2, -0.15) is 0 Å². The van der Waals surface area contributed by atoms with Crippen LogP contribution in [0.5, 0.6) is 0 Å². The average Bonchev–Trinajstić information content (AvgIpc) is 2.92. The molecule has 2 aliphatic heterocycles. The average molecular weight is 426 g/mol. The Labute approximate surface area is 165 Å². The molecule has 0 aromatic heterocycles. The molecule has 2 fully saturated rings.